The third kappa shape index (κ3) is 5.81. The number of aliphatic hydroxyl groups excluding tert-OH is 1. The maximum Gasteiger partial charge on any atom is 0.251 e. The van der Waals surface area contributed by atoms with Gasteiger partial charge in [-0.05, 0) is 49.1 Å². The summed E-state index contributed by atoms with van der Waals surface area (Å²) in [7, 11) is 0. The molecule has 0 bridgehead atoms. The van der Waals surface area contributed by atoms with Gasteiger partial charge in [0.15, 0.2) is 5.96 Å². The van der Waals surface area contributed by atoms with Crippen LogP contribution in [0.15, 0.2) is 59.6 Å². The van der Waals surface area contributed by atoms with Crippen LogP contribution in [0.2, 0.25) is 0 Å². The van der Waals surface area contributed by atoms with E-state index in [4.69, 9.17) is 0 Å². The molecular weight excluding hydrogens is 396 g/mol. The van der Waals surface area contributed by atoms with E-state index >= 15 is 0 Å². The highest BCUT2D eigenvalue weighted by Crippen LogP contribution is 2.29. The number of rotatable bonds is 8. The Hall–Kier alpha value is -2.90. The first kappa shape index (κ1) is 21.8. The van der Waals surface area contributed by atoms with Gasteiger partial charge < -0.3 is 21.1 Å². The molecule has 0 radical (unpaired) electrons. The van der Waals surface area contributed by atoms with Gasteiger partial charge in [0.2, 0.25) is 0 Å². The molecule has 0 aliphatic rings. The third-order valence-corrected chi connectivity index (χ3v) is 5.77. The minimum Gasteiger partial charge on any atom is -0.386 e. The van der Waals surface area contributed by atoms with Gasteiger partial charge in [-0.1, -0.05) is 30.3 Å². The van der Waals surface area contributed by atoms with Crippen LogP contribution in [0.3, 0.4) is 0 Å². The van der Waals surface area contributed by atoms with Crippen molar-refractivity contribution in [3.8, 4) is 0 Å². The van der Waals surface area contributed by atoms with Gasteiger partial charge in [-0.15, -0.1) is 11.3 Å². The lowest BCUT2D eigenvalue weighted by molar-refractivity contribution is 0.0956. The smallest absolute Gasteiger partial charge is 0.251 e. The van der Waals surface area contributed by atoms with Gasteiger partial charge in [-0.3, -0.25) is 4.79 Å². The zero-order valence-electron chi connectivity index (χ0n) is 17.3. The fourth-order valence-corrected chi connectivity index (χ4v) is 4.05. The van der Waals surface area contributed by atoms with Gasteiger partial charge in [-0.25, -0.2) is 4.99 Å². The van der Waals surface area contributed by atoms with Gasteiger partial charge in [0.05, 0.1) is 6.54 Å². The summed E-state index contributed by atoms with van der Waals surface area (Å²) in [6.07, 6.45) is -0.609. The number of nitrogens with zero attached hydrogens (tertiary/aromatic N) is 1. The normalized spacial score (nSPS) is 12.6. The summed E-state index contributed by atoms with van der Waals surface area (Å²) in [6.45, 7) is 6.07. The van der Waals surface area contributed by atoms with Crippen molar-refractivity contribution in [1.82, 2.24) is 16.0 Å². The topological polar surface area (TPSA) is 85.8 Å². The molecule has 1 amide bonds. The number of carbonyl (C=O) groups excluding carboxylic acids is 1. The summed E-state index contributed by atoms with van der Waals surface area (Å²) >= 11 is 1.60. The number of aliphatic hydroxyl groups is 1. The van der Waals surface area contributed by atoms with Crippen LogP contribution in [0.4, 0.5) is 0 Å². The molecule has 1 atom stereocenters. The number of nitrogens with one attached hydrogen (secondary N) is 3. The van der Waals surface area contributed by atoms with E-state index in [1.807, 2.05) is 44.2 Å². The average molecular weight is 425 g/mol. The minimum absolute atomic E-state index is 0.0715. The summed E-state index contributed by atoms with van der Waals surface area (Å²) in [6, 6.07) is 17.6. The Morgan fingerprint density at radius 2 is 1.77 bits per heavy atom. The molecule has 3 aromatic rings. The second-order valence-electron chi connectivity index (χ2n) is 6.83. The second kappa shape index (κ2) is 10.8. The number of carbonyl (C=O) groups is 1. The predicted molar refractivity (Wildman–Crippen MR) is 124 cm³/mol. The lowest BCUT2D eigenvalue weighted by atomic mass is 10.1. The molecule has 158 valence electrons. The van der Waals surface area contributed by atoms with Crippen LogP contribution in [0.5, 0.6) is 0 Å². The monoisotopic (exact) mass is 424 g/mol. The minimum atomic E-state index is -0.609. The van der Waals surface area contributed by atoms with E-state index in [0.717, 1.165) is 22.4 Å². The molecule has 6 nitrogen and oxygen atoms in total. The molecule has 1 heterocycles. The lowest BCUT2D eigenvalue weighted by Gasteiger charge is -2.14. The molecule has 0 saturated heterocycles. The number of thiophene rings is 1. The van der Waals surface area contributed by atoms with Crippen molar-refractivity contribution in [3.05, 3.63) is 70.6 Å². The Kier molecular flexibility index (Phi) is 7.82. The molecule has 4 N–H and O–H groups in total. The van der Waals surface area contributed by atoms with Crippen LogP contribution in [-0.2, 0) is 6.54 Å². The lowest BCUT2D eigenvalue weighted by Crippen LogP contribution is -2.39. The number of benzene rings is 2. The third-order valence-electron chi connectivity index (χ3n) is 4.55. The van der Waals surface area contributed by atoms with Crippen molar-refractivity contribution in [2.24, 2.45) is 4.99 Å². The Bertz CT molecular complexity index is 965. The number of fused-ring (bicyclic) bond motifs is 1. The number of guanidine groups is 1. The molecule has 1 aromatic heterocycles. The highest BCUT2D eigenvalue weighted by atomic mass is 32.1. The largest absolute Gasteiger partial charge is 0.386 e. The highest BCUT2D eigenvalue weighted by Gasteiger charge is 2.12. The Labute approximate surface area is 181 Å². The molecule has 1 unspecified atom stereocenters. The predicted octanol–water partition coefficient (Wildman–Crippen LogP) is 3.44. The summed E-state index contributed by atoms with van der Waals surface area (Å²) in [4.78, 5) is 17.4. The standard InChI is InChI=1S/C23H28N4O2S/c1-3-24-22(29)17-11-9-16(10-12-17)14-26-23(25-4-2)27-15-19(28)21-13-18-7-5-6-8-20(18)30-21/h5-13,19,28H,3-4,14-15H2,1-2H3,(H,24,29)(H2,25,26,27). The molecule has 7 heteroatoms. The molecule has 30 heavy (non-hydrogen) atoms. The average Bonchev–Trinajstić information content (AvgIpc) is 3.20. The maximum absolute atomic E-state index is 11.8. The molecule has 3 rings (SSSR count). The van der Waals surface area contributed by atoms with Gasteiger partial charge in [0.25, 0.3) is 5.91 Å². The van der Waals surface area contributed by atoms with E-state index < -0.39 is 6.10 Å². The van der Waals surface area contributed by atoms with Crippen LogP contribution in [0.25, 0.3) is 10.1 Å². The SMILES string of the molecule is CCNC(=O)c1ccc(CN=C(NCC)NCC(O)c2cc3ccccc3s2)cc1. The molecule has 0 fully saturated rings. The number of aliphatic imine (C=N–C) groups is 1. The Morgan fingerprint density at radius 3 is 2.47 bits per heavy atom. The van der Waals surface area contributed by atoms with E-state index in [2.05, 4.69) is 33.1 Å². The quantitative estimate of drug-likeness (QED) is 0.330. The second-order valence-corrected chi connectivity index (χ2v) is 7.95. The van der Waals surface area contributed by atoms with Gasteiger partial charge in [0, 0.05) is 34.8 Å². The van der Waals surface area contributed by atoms with Crippen molar-refractivity contribution < 1.29 is 9.90 Å². The van der Waals surface area contributed by atoms with Gasteiger partial charge >= 0.3 is 0 Å². The van der Waals surface area contributed by atoms with Crippen LogP contribution < -0.4 is 16.0 Å². The molecule has 0 aliphatic carbocycles. The summed E-state index contributed by atoms with van der Waals surface area (Å²) in [5, 5.41) is 20.9. The first-order chi connectivity index (χ1) is 14.6. The summed E-state index contributed by atoms with van der Waals surface area (Å²) < 4.78 is 1.17. The molecule has 0 aliphatic heterocycles. The van der Waals surface area contributed by atoms with Crippen LogP contribution in [-0.4, -0.2) is 36.6 Å². The number of hydrogen-bond donors (Lipinski definition) is 4. The van der Waals surface area contributed by atoms with Crippen molar-refractivity contribution in [1.29, 1.82) is 0 Å². The van der Waals surface area contributed by atoms with Crippen LogP contribution in [0.1, 0.15) is 40.8 Å². The zero-order valence-corrected chi connectivity index (χ0v) is 18.1. The molecule has 2 aromatic carbocycles. The van der Waals surface area contributed by atoms with E-state index in [-0.39, 0.29) is 5.91 Å². The fraction of sp³-hybridized carbons (Fsp3) is 0.304. The van der Waals surface area contributed by atoms with Crippen molar-refractivity contribution in [2.45, 2.75) is 26.5 Å². The van der Waals surface area contributed by atoms with Crippen LogP contribution in [0, 0.1) is 0 Å². The molecular formula is C23H28N4O2S. The van der Waals surface area contributed by atoms with Crippen molar-refractivity contribution >= 4 is 33.3 Å². The first-order valence-electron chi connectivity index (χ1n) is 10.2. The van der Waals surface area contributed by atoms with Crippen molar-refractivity contribution in [3.63, 3.8) is 0 Å². The highest BCUT2D eigenvalue weighted by molar-refractivity contribution is 7.19. The maximum atomic E-state index is 11.8. The first-order valence-corrected chi connectivity index (χ1v) is 11.0. The number of hydrogen-bond acceptors (Lipinski definition) is 4. The van der Waals surface area contributed by atoms with E-state index in [1.165, 1.54) is 4.70 Å². The van der Waals surface area contributed by atoms with Gasteiger partial charge in [0.1, 0.15) is 6.10 Å². The Balaban J connectivity index is 1.59. The van der Waals surface area contributed by atoms with E-state index in [9.17, 15) is 9.90 Å². The van der Waals surface area contributed by atoms with E-state index in [1.54, 1.807) is 23.5 Å². The zero-order chi connectivity index (χ0) is 21.3. The fourth-order valence-electron chi connectivity index (χ4n) is 3.00. The summed E-state index contributed by atoms with van der Waals surface area (Å²) in [5.41, 5.74) is 1.64. The molecule has 0 spiro atoms. The van der Waals surface area contributed by atoms with Crippen molar-refractivity contribution in [2.75, 3.05) is 19.6 Å². The number of amides is 1. The van der Waals surface area contributed by atoms with Crippen LogP contribution >= 0.6 is 11.3 Å². The van der Waals surface area contributed by atoms with Gasteiger partial charge in [-0.2, -0.15) is 0 Å². The van der Waals surface area contributed by atoms with E-state index in [0.29, 0.717) is 31.2 Å². The molecule has 0 saturated carbocycles. The summed E-state index contributed by atoms with van der Waals surface area (Å²) in [5.74, 6) is 0.572. The Morgan fingerprint density at radius 1 is 1.03 bits per heavy atom.